The Morgan fingerprint density at radius 2 is 2.00 bits per heavy atom. The van der Waals surface area contributed by atoms with E-state index < -0.39 is 0 Å². The number of para-hydroxylation sites is 1. The molecule has 1 aromatic rings. The second-order valence-corrected chi connectivity index (χ2v) is 6.50. The van der Waals surface area contributed by atoms with E-state index in [1.165, 1.54) is 4.90 Å². The van der Waals surface area contributed by atoms with Gasteiger partial charge < -0.3 is 15.4 Å². The van der Waals surface area contributed by atoms with Crippen molar-refractivity contribution in [2.75, 3.05) is 19.7 Å². The number of rotatable bonds is 8. The molecule has 0 spiro atoms. The predicted molar refractivity (Wildman–Crippen MR) is 90.6 cm³/mol. The first kappa shape index (κ1) is 16.8. The molecule has 2 heterocycles. The summed E-state index contributed by atoms with van der Waals surface area (Å²) in [5.74, 6) is 0.802. The number of amides is 3. The maximum atomic E-state index is 12.2. The molecule has 0 aromatic heterocycles. The number of carbonyl (C=O) groups excluding carboxylic acids is 2. The Balaban J connectivity index is 1.33. The first-order chi connectivity index (χ1) is 11.7. The summed E-state index contributed by atoms with van der Waals surface area (Å²) in [7, 11) is 0. The van der Waals surface area contributed by atoms with Crippen molar-refractivity contribution in [2.45, 2.75) is 44.2 Å². The molecule has 6 heteroatoms. The van der Waals surface area contributed by atoms with E-state index in [4.69, 9.17) is 10.5 Å². The molecule has 1 aromatic carbocycles. The number of nitrogens with zero attached hydrogens (tertiary/aromatic N) is 2. The number of ether oxygens (including phenoxy) is 1. The van der Waals surface area contributed by atoms with Crippen molar-refractivity contribution in [3.05, 3.63) is 30.3 Å². The SMILES string of the molecule is NC(CCCCN1C(=O)C2CCCN2C1=O)COc1ccccc1. The van der Waals surface area contributed by atoms with Crippen LogP contribution in [0.4, 0.5) is 4.79 Å². The minimum Gasteiger partial charge on any atom is -0.492 e. The first-order valence-corrected chi connectivity index (χ1v) is 8.72. The molecule has 2 aliphatic heterocycles. The van der Waals surface area contributed by atoms with Gasteiger partial charge in [-0.1, -0.05) is 24.6 Å². The minimum atomic E-state index is -0.195. The molecule has 24 heavy (non-hydrogen) atoms. The van der Waals surface area contributed by atoms with E-state index in [0.29, 0.717) is 19.7 Å². The van der Waals surface area contributed by atoms with E-state index in [-0.39, 0.29) is 24.0 Å². The van der Waals surface area contributed by atoms with Crippen molar-refractivity contribution in [3.63, 3.8) is 0 Å². The summed E-state index contributed by atoms with van der Waals surface area (Å²) in [6.07, 6.45) is 4.23. The Morgan fingerprint density at radius 1 is 1.21 bits per heavy atom. The van der Waals surface area contributed by atoms with Crippen LogP contribution in [0.2, 0.25) is 0 Å². The maximum Gasteiger partial charge on any atom is 0.327 e. The van der Waals surface area contributed by atoms with Crippen LogP contribution in [0, 0.1) is 0 Å². The highest BCUT2D eigenvalue weighted by Gasteiger charge is 2.46. The molecule has 2 N–H and O–H groups in total. The van der Waals surface area contributed by atoms with E-state index in [1.54, 1.807) is 4.90 Å². The fourth-order valence-corrected chi connectivity index (χ4v) is 3.37. The van der Waals surface area contributed by atoms with Crippen LogP contribution in [0.15, 0.2) is 30.3 Å². The van der Waals surface area contributed by atoms with Crippen LogP contribution in [-0.4, -0.2) is 53.5 Å². The van der Waals surface area contributed by atoms with E-state index in [9.17, 15) is 9.59 Å². The Bertz CT molecular complexity index is 556. The molecule has 130 valence electrons. The number of unbranched alkanes of at least 4 members (excludes halogenated alkanes) is 1. The molecule has 0 bridgehead atoms. The predicted octanol–water partition coefficient (Wildman–Crippen LogP) is 1.99. The van der Waals surface area contributed by atoms with E-state index in [1.807, 2.05) is 30.3 Å². The van der Waals surface area contributed by atoms with Gasteiger partial charge in [0, 0.05) is 19.1 Å². The standard InChI is InChI=1S/C18H25N3O3/c19-14(13-24-15-8-2-1-3-9-15)7-4-5-11-21-17(22)16-10-6-12-20(16)18(21)23/h1-3,8-9,14,16H,4-7,10-13,19H2. The highest BCUT2D eigenvalue weighted by Crippen LogP contribution is 2.27. The molecular formula is C18H25N3O3. The molecule has 2 aliphatic rings. The maximum absolute atomic E-state index is 12.2. The second kappa shape index (κ2) is 7.66. The molecule has 2 saturated heterocycles. The summed E-state index contributed by atoms with van der Waals surface area (Å²) >= 11 is 0. The number of imide groups is 1. The fraction of sp³-hybridized carbons (Fsp3) is 0.556. The van der Waals surface area contributed by atoms with Crippen LogP contribution in [0.3, 0.4) is 0 Å². The topological polar surface area (TPSA) is 75.9 Å². The van der Waals surface area contributed by atoms with Crippen LogP contribution in [0.1, 0.15) is 32.1 Å². The molecule has 0 aliphatic carbocycles. The zero-order valence-corrected chi connectivity index (χ0v) is 13.9. The number of carbonyl (C=O) groups is 2. The largest absolute Gasteiger partial charge is 0.492 e. The van der Waals surface area contributed by atoms with Gasteiger partial charge in [0.1, 0.15) is 18.4 Å². The van der Waals surface area contributed by atoms with Crippen molar-refractivity contribution >= 4 is 11.9 Å². The van der Waals surface area contributed by atoms with Crippen LogP contribution >= 0.6 is 0 Å². The lowest BCUT2D eigenvalue weighted by Crippen LogP contribution is -2.34. The van der Waals surface area contributed by atoms with Crippen LogP contribution in [0.5, 0.6) is 5.75 Å². The third kappa shape index (κ3) is 3.70. The van der Waals surface area contributed by atoms with E-state index in [0.717, 1.165) is 37.9 Å². The van der Waals surface area contributed by atoms with Crippen LogP contribution in [-0.2, 0) is 4.79 Å². The summed E-state index contributed by atoms with van der Waals surface area (Å²) in [6, 6.07) is 9.26. The number of fused-ring (bicyclic) bond motifs is 1. The minimum absolute atomic E-state index is 0.0193. The van der Waals surface area contributed by atoms with Crippen molar-refractivity contribution in [1.82, 2.24) is 9.80 Å². The molecule has 3 amide bonds. The smallest absolute Gasteiger partial charge is 0.327 e. The number of hydrogen-bond acceptors (Lipinski definition) is 4. The molecule has 2 fully saturated rings. The van der Waals surface area contributed by atoms with Gasteiger partial charge in [0.15, 0.2) is 0 Å². The van der Waals surface area contributed by atoms with Gasteiger partial charge in [-0.05, 0) is 37.8 Å². The Kier molecular flexibility index (Phi) is 5.35. The zero-order chi connectivity index (χ0) is 16.9. The van der Waals surface area contributed by atoms with Gasteiger partial charge in [0.2, 0.25) is 0 Å². The second-order valence-electron chi connectivity index (χ2n) is 6.50. The molecule has 6 nitrogen and oxygen atoms in total. The van der Waals surface area contributed by atoms with Gasteiger partial charge in [-0.3, -0.25) is 9.69 Å². The Hall–Kier alpha value is -2.08. The summed E-state index contributed by atoms with van der Waals surface area (Å²) < 4.78 is 5.63. The van der Waals surface area contributed by atoms with Gasteiger partial charge in [-0.25, -0.2) is 4.79 Å². The molecule has 0 saturated carbocycles. The monoisotopic (exact) mass is 331 g/mol. The van der Waals surface area contributed by atoms with Gasteiger partial charge in [0.05, 0.1) is 0 Å². The van der Waals surface area contributed by atoms with Gasteiger partial charge >= 0.3 is 6.03 Å². The average molecular weight is 331 g/mol. The highest BCUT2D eigenvalue weighted by molar-refractivity contribution is 6.04. The first-order valence-electron chi connectivity index (χ1n) is 8.72. The molecular weight excluding hydrogens is 306 g/mol. The Morgan fingerprint density at radius 3 is 2.75 bits per heavy atom. The summed E-state index contributed by atoms with van der Waals surface area (Å²) in [5.41, 5.74) is 6.06. The summed E-state index contributed by atoms with van der Waals surface area (Å²) in [5, 5.41) is 0. The van der Waals surface area contributed by atoms with Crippen molar-refractivity contribution < 1.29 is 14.3 Å². The number of benzene rings is 1. The molecule has 0 radical (unpaired) electrons. The Labute approximate surface area is 142 Å². The fourth-order valence-electron chi connectivity index (χ4n) is 3.37. The normalized spacial score (nSPS) is 21.3. The lowest BCUT2D eigenvalue weighted by atomic mass is 10.1. The lowest BCUT2D eigenvalue weighted by Gasteiger charge is -2.16. The quantitative estimate of drug-likeness (QED) is 0.584. The zero-order valence-electron chi connectivity index (χ0n) is 13.9. The third-order valence-electron chi connectivity index (χ3n) is 4.69. The molecule has 2 unspecified atom stereocenters. The number of nitrogens with two attached hydrogens (primary N) is 1. The third-order valence-corrected chi connectivity index (χ3v) is 4.69. The molecule has 3 rings (SSSR count). The van der Waals surface area contributed by atoms with Gasteiger partial charge in [-0.2, -0.15) is 0 Å². The van der Waals surface area contributed by atoms with Gasteiger partial charge in [0.25, 0.3) is 5.91 Å². The van der Waals surface area contributed by atoms with Crippen molar-refractivity contribution in [3.8, 4) is 5.75 Å². The number of urea groups is 1. The number of hydrogen-bond donors (Lipinski definition) is 1. The molecule has 2 atom stereocenters. The average Bonchev–Trinajstić information content (AvgIpc) is 3.16. The highest BCUT2D eigenvalue weighted by atomic mass is 16.5. The van der Waals surface area contributed by atoms with Crippen LogP contribution < -0.4 is 10.5 Å². The van der Waals surface area contributed by atoms with Crippen molar-refractivity contribution in [2.24, 2.45) is 5.73 Å². The van der Waals surface area contributed by atoms with E-state index >= 15 is 0 Å². The summed E-state index contributed by atoms with van der Waals surface area (Å²) in [4.78, 5) is 27.5. The van der Waals surface area contributed by atoms with Crippen LogP contribution in [0.25, 0.3) is 0 Å². The van der Waals surface area contributed by atoms with Gasteiger partial charge in [-0.15, -0.1) is 0 Å². The summed E-state index contributed by atoms with van der Waals surface area (Å²) in [6.45, 7) is 1.69. The van der Waals surface area contributed by atoms with Crippen molar-refractivity contribution in [1.29, 1.82) is 0 Å². The lowest BCUT2D eigenvalue weighted by molar-refractivity contribution is -0.128. The van der Waals surface area contributed by atoms with E-state index in [2.05, 4.69) is 0 Å².